The van der Waals surface area contributed by atoms with Crippen molar-refractivity contribution in [1.29, 1.82) is 0 Å². The van der Waals surface area contributed by atoms with Crippen LogP contribution in [-0.4, -0.2) is 34.3 Å². The van der Waals surface area contributed by atoms with E-state index in [1.54, 1.807) is 0 Å². The molecule has 19 heavy (non-hydrogen) atoms. The molecule has 0 spiro atoms. The second kappa shape index (κ2) is 4.76. The van der Waals surface area contributed by atoms with Crippen LogP contribution in [0.1, 0.15) is 33.3 Å². The van der Waals surface area contributed by atoms with Gasteiger partial charge in [0.1, 0.15) is 11.6 Å². The first-order chi connectivity index (χ1) is 8.67. The summed E-state index contributed by atoms with van der Waals surface area (Å²) in [5.41, 5.74) is 0.128. The van der Waals surface area contributed by atoms with Crippen molar-refractivity contribution in [3.8, 4) is 5.75 Å². The zero-order chi connectivity index (χ0) is 14.3. The van der Waals surface area contributed by atoms with Gasteiger partial charge in [-0.1, -0.05) is 0 Å². The number of nitrogens with zero attached hydrogens (tertiary/aromatic N) is 1. The fourth-order valence-corrected chi connectivity index (χ4v) is 2.98. The van der Waals surface area contributed by atoms with Crippen molar-refractivity contribution in [2.24, 2.45) is 0 Å². The molecule has 0 atom stereocenters. The second-order valence-electron chi connectivity index (χ2n) is 6.54. The third-order valence-corrected chi connectivity index (χ3v) is 3.20. The number of morpholine rings is 1. The predicted octanol–water partition coefficient (Wildman–Crippen LogP) is 2.92. The molecule has 1 aromatic carbocycles. The number of phenolic OH excluding ortho intramolecular Hbond substituents is 1. The maximum absolute atomic E-state index is 13.3. The second-order valence-corrected chi connectivity index (χ2v) is 6.54. The molecule has 2 rings (SSSR count). The lowest BCUT2D eigenvalue weighted by Gasteiger charge is -2.47. The molecule has 0 aromatic heterocycles. The van der Waals surface area contributed by atoms with E-state index in [-0.39, 0.29) is 22.8 Å². The molecule has 4 heteroatoms. The summed E-state index contributed by atoms with van der Waals surface area (Å²) >= 11 is 0. The van der Waals surface area contributed by atoms with Crippen molar-refractivity contribution in [3.63, 3.8) is 0 Å². The summed E-state index contributed by atoms with van der Waals surface area (Å²) in [5.74, 6) is -0.178. The van der Waals surface area contributed by atoms with Crippen LogP contribution < -0.4 is 0 Å². The van der Waals surface area contributed by atoms with E-state index in [9.17, 15) is 9.50 Å². The first-order valence-electron chi connectivity index (χ1n) is 6.57. The molecule has 3 nitrogen and oxygen atoms in total. The fraction of sp³-hybridized carbons (Fsp3) is 0.600. The molecule has 0 radical (unpaired) electrons. The molecule has 106 valence electrons. The van der Waals surface area contributed by atoms with Gasteiger partial charge in [0.15, 0.2) is 0 Å². The molecule has 0 amide bonds. The summed E-state index contributed by atoms with van der Waals surface area (Å²) in [7, 11) is 0. The smallest absolute Gasteiger partial charge is 0.123 e. The Kier molecular flexibility index (Phi) is 3.58. The molecule has 0 aliphatic carbocycles. The van der Waals surface area contributed by atoms with Gasteiger partial charge in [-0.3, -0.25) is 4.90 Å². The minimum absolute atomic E-state index is 0.142. The van der Waals surface area contributed by atoms with Gasteiger partial charge in [0.2, 0.25) is 0 Å². The largest absolute Gasteiger partial charge is 0.508 e. The number of hydrogen-bond acceptors (Lipinski definition) is 3. The topological polar surface area (TPSA) is 32.7 Å². The molecule has 1 aliphatic heterocycles. The van der Waals surface area contributed by atoms with Crippen molar-refractivity contribution in [2.45, 2.75) is 45.4 Å². The third kappa shape index (κ3) is 3.67. The molecule has 1 saturated heterocycles. The Hall–Kier alpha value is -1.13. The number of benzene rings is 1. The van der Waals surface area contributed by atoms with Gasteiger partial charge in [0.05, 0.1) is 11.2 Å². The van der Waals surface area contributed by atoms with E-state index in [1.807, 2.05) is 27.7 Å². The summed E-state index contributed by atoms with van der Waals surface area (Å²) in [6.07, 6.45) is 0. The van der Waals surface area contributed by atoms with Crippen LogP contribution in [-0.2, 0) is 11.3 Å². The van der Waals surface area contributed by atoms with Gasteiger partial charge in [-0.25, -0.2) is 4.39 Å². The standard InChI is InChI=1S/C15H22FNO2/c1-14(2)9-17(10-15(3,4)19-14)8-11-7-12(16)5-6-13(11)18/h5-7,18H,8-10H2,1-4H3. The number of rotatable bonds is 2. The molecule has 1 aromatic rings. The lowest BCUT2D eigenvalue weighted by molar-refractivity contribution is -0.182. The third-order valence-electron chi connectivity index (χ3n) is 3.20. The van der Waals surface area contributed by atoms with Crippen LogP contribution in [0.3, 0.4) is 0 Å². The van der Waals surface area contributed by atoms with E-state index >= 15 is 0 Å². The molecule has 0 saturated carbocycles. The van der Waals surface area contributed by atoms with Gasteiger partial charge in [-0.05, 0) is 45.9 Å². The minimum Gasteiger partial charge on any atom is -0.508 e. The van der Waals surface area contributed by atoms with Crippen molar-refractivity contribution in [1.82, 2.24) is 4.90 Å². The first kappa shape index (κ1) is 14.3. The molecule has 1 aliphatic rings. The highest BCUT2D eigenvalue weighted by Crippen LogP contribution is 2.30. The van der Waals surface area contributed by atoms with Crippen LogP contribution in [0.25, 0.3) is 0 Å². The van der Waals surface area contributed by atoms with Gasteiger partial charge in [-0.15, -0.1) is 0 Å². The average molecular weight is 267 g/mol. The Bertz CT molecular complexity index is 455. The summed E-state index contributed by atoms with van der Waals surface area (Å²) < 4.78 is 19.3. The summed E-state index contributed by atoms with van der Waals surface area (Å²) in [6.45, 7) is 10.2. The Morgan fingerprint density at radius 1 is 1.21 bits per heavy atom. The van der Waals surface area contributed by atoms with Crippen molar-refractivity contribution in [2.75, 3.05) is 13.1 Å². The van der Waals surface area contributed by atoms with E-state index in [1.165, 1.54) is 18.2 Å². The highest BCUT2D eigenvalue weighted by molar-refractivity contribution is 5.32. The Labute approximate surface area is 114 Å². The van der Waals surface area contributed by atoms with E-state index in [0.29, 0.717) is 12.1 Å². The Morgan fingerprint density at radius 2 is 1.79 bits per heavy atom. The van der Waals surface area contributed by atoms with Crippen LogP contribution in [0.15, 0.2) is 18.2 Å². The SMILES string of the molecule is CC1(C)CN(Cc2cc(F)ccc2O)CC(C)(C)O1. The Balaban J connectivity index is 2.16. The van der Waals surface area contributed by atoms with E-state index in [4.69, 9.17) is 4.74 Å². The predicted molar refractivity (Wildman–Crippen MR) is 72.6 cm³/mol. The number of aromatic hydroxyl groups is 1. The van der Waals surface area contributed by atoms with Crippen LogP contribution in [0.2, 0.25) is 0 Å². The van der Waals surface area contributed by atoms with Crippen molar-refractivity contribution in [3.05, 3.63) is 29.6 Å². The molecule has 0 unspecified atom stereocenters. The molecule has 1 N–H and O–H groups in total. The maximum atomic E-state index is 13.3. The van der Waals surface area contributed by atoms with Crippen molar-refractivity contribution >= 4 is 0 Å². The Morgan fingerprint density at radius 3 is 2.37 bits per heavy atom. The minimum atomic E-state index is -0.320. The summed E-state index contributed by atoms with van der Waals surface area (Å²) in [4.78, 5) is 2.19. The van der Waals surface area contributed by atoms with Gasteiger partial charge in [0.25, 0.3) is 0 Å². The van der Waals surface area contributed by atoms with Gasteiger partial charge < -0.3 is 9.84 Å². The summed E-state index contributed by atoms with van der Waals surface area (Å²) in [5, 5.41) is 9.80. The zero-order valence-electron chi connectivity index (χ0n) is 12.0. The number of halogens is 1. The highest BCUT2D eigenvalue weighted by Gasteiger charge is 2.38. The van der Waals surface area contributed by atoms with Gasteiger partial charge in [-0.2, -0.15) is 0 Å². The van der Waals surface area contributed by atoms with E-state index in [0.717, 1.165) is 13.1 Å². The van der Waals surface area contributed by atoms with Gasteiger partial charge >= 0.3 is 0 Å². The van der Waals surface area contributed by atoms with Crippen LogP contribution in [0, 0.1) is 5.82 Å². The average Bonchev–Trinajstić information content (AvgIpc) is 2.18. The molecule has 1 fully saturated rings. The molecular formula is C15H22FNO2. The van der Waals surface area contributed by atoms with Gasteiger partial charge in [0, 0.05) is 25.2 Å². The van der Waals surface area contributed by atoms with E-state index < -0.39 is 0 Å². The normalized spacial score (nSPS) is 22.4. The van der Waals surface area contributed by atoms with Crippen LogP contribution in [0.5, 0.6) is 5.75 Å². The highest BCUT2D eigenvalue weighted by atomic mass is 19.1. The lowest BCUT2D eigenvalue weighted by Crippen LogP contribution is -2.56. The lowest BCUT2D eigenvalue weighted by atomic mass is 9.98. The number of phenols is 1. The molecule has 1 heterocycles. The zero-order valence-corrected chi connectivity index (χ0v) is 12.0. The number of hydrogen-bond donors (Lipinski definition) is 1. The van der Waals surface area contributed by atoms with Crippen molar-refractivity contribution < 1.29 is 14.2 Å². The quantitative estimate of drug-likeness (QED) is 0.894. The maximum Gasteiger partial charge on any atom is 0.123 e. The first-order valence-corrected chi connectivity index (χ1v) is 6.57. The van der Waals surface area contributed by atoms with E-state index in [2.05, 4.69) is 4.90 Å². The van der Waals surface area contributed by atoms with Crippen LogP contribution in [0.4, 0.5) is 4.39 Å². The summed E-state index contributed by atoms with van der Waals surface area (Å²) in [6, 6.07) is 4.07. The molecule has 0 bridgehead atoms. The fourth-order valence-electron chi connectivity index (χ4n) is 2.98. The van der Waals surface area contributed by atoms with Crippen LogP contribution >= 0.6 is 0 Å². The number of ether oxygens (including phenoxy) is 1. The monoisotopic (exact) mass is 267 g/mol. The molecular weight excluding hydrogens is 245 g/mol.